The molecule has 0 radical (unpaired) electrons. The van der Waals surface area contributed by atoms with Crippen molar-refractivity contribution in [1.82, 2.24) is 4.98 Å². The quantitative estimate of drug-likeness (QED) is 0.356. The van der Waals surface area contributed by atoms with Crippen LogP contribution in [0.1, 0.15) is 53.0 Å². The smallest absolute Gasteiger partial charge is 0.354 e. The van der Waals surface area contributed by atoms with Gasteiger partial charge in [-0.15, -0.1) is 0 Å². The highest BCUT2D eigenvalue weighted by molar-refractivity contribution is 9.10. The molecule has 0 aliphatic heterocycles. The summed E-state index contributed by atoms with van der Waals surface area (Å²) in [7, 11) is 0. The van der Waals surface area contributed by atoms with Gasteiger partial charge in [-0.05, 0) is 73.2 Å². The standard InChI is InChI=1S/C25H19BrF3NO3/c26-15-8-9-24(33-13-14-10-20(28)21(29)12-19(14)27)18(11-15)16-4-1-2-5-17(16)22-6-3-7-23(30-22)25(31)32/h3,6-12H,1-2,4-5,13H2,(H,31,32). The molecule has 8 heteroatoms. The molecule has 1 aliphatic rings. The third-order valence-corrected chi connectivity index (χ3v) is 5.98. The number of benzene rings is 2. The topological polar surface area (TPSA) is 59.4 Å². The SMILES string of the molecule is O=C(O)c1cccc(C2=C(c3cc(Br)ccc3OCc3cc(F)c(F)cc3F)CCCC2)n1. The Kier molecular flexibility index (Phi) is 6.83. The maximum Gasteiger partial charge on any atom is 0.354 e. The summed E-state index contributed by atoms with van der Waals surface area (Å²) < 4.78 is 47.6. The molecule has 0 amide bonds. The average Bonchev–Trinajstić information content (AvgIpc) is 2.81. The lowest BCUT2D eigenvalue weighted by Gasteiger charge is -2.23. The number of aromatic nitrogens is 1. The number of carboxylic acids is 1. The van der Waals surface area contributed by atoms with Crippen LogP contribution in [0, 0.1) is 17.5 Å². The van der Waals surface area contributed by atoms with E-state index in [1.807, 2.05) is 6.07 Å². The van der Waals surface area contributed by atoms with E-state index in [0.29, 0.717) is 17.5 Å². The van der Waals surface area contributed by atoms with Gasteiger partial charge < -0.3 is 9.84 Å². The van der Waals surface area contributed by atoms with E-state index in [2.05, 4.69) is 20.9 Å². The Bertz CT molecular complexity index is 1260. The third-order valence-electron chi connectivity index (χ3n) is 5.48. The van der Waals surface area contributed by atoms with Crippen LogP contribution in [-0.4, -0.2) is 16.1 Å². The maximum atomic E-state index is 14.1. The molecule has 170 valence electrons. The lowest BCUT2D eigenvalue weighted by Crippen LogP contribution is -2.07. The number of hydrogen-bond donors (Lipinski definition) is 1. The average molecular weight is 518 g/mol. The van der Waals surface area contributed by atoms with Crippen LogP contribution in [0.2, 0.25) is 0 Å². The van der Waals surface area contributed by atoms with E-state index in [1.54, 1.807) is 24.3 Å². The molecule has 0 bridgehead atoms. The molecule has 2 aromatic carbocycles. The van der Waals surface area contributed by atoms with Crippen molar-refractivity contribution in [3.05, 3.63) is 93.0 Å². The van der Waals surface area contributed by atoms with Crippen LogP contribution >= 0.6 is 15.9 Å². The number of carbonyl (C=O) groups is 1. The second kappa shape index (κ2) is 9.79. The van der Waals surface area contributed by atoms with Crippen molar-refractivity contribution in [2.24, 2.45) is 0 Å². The fraction of sp³-hybridized carbons (Fsp3) is 0.200. The summed E-state index contributed by atoms with van der Waals surface area (Å²) in [4.78, 5) is 15.7. The van der Waals surface area contributed by atoms with E-state index in [-0.39, 0.29) is 17.9 Å². The van der Waals surface area contributed by atoms with Gasteiger partial charge in [0.25, 0.3) is 0 Å². The number of ether oxygens (including phenoxy) is 1. The van der Waals surface area contributed by atoms with Crippen LogP contribution in [0.5, 0.6) is 5.75 Å². The Morgan fingerprint density at radius 3 is 2.45 bits per heavy atom. The van der Waals surface area contributed by atoms with Crippen LogP contribution < -0.4 is 4.74 Å². The van der Waals surface area contributed by atoms with Crippen molar-refractivity contribution < 1.29 is 27.8 Å². The van der Waals surface area contributed by atoms with Crippen LogP contribution in [-0.2, 0) is 6.61 Å². The van der Waals surface area contributed by atoms with Gasteiger partial charge >= 0.3 is 5.97 Å². The first-order valence-electron chi connectivity index (χ1n) is 10.3. The number of allylic oxidation sites excluding steroid dienone is 2. The van der Waals surface area contributed by atoms with Gasteiger partial charge in [-0.25, -0.2) is 22.9 Å². The predicted molar refractivity (Wildman–Crippen MR) is 121 cm³/mol. The third kappa shape index (κ3) is 5.11. The summed E-state index contributed by atoms with van der Waals surface area (Å²) in [6, 6.07) is 11.5. The Morgan fingerprint density at radius 2 is 1.70 bits per heavy atom. The molecule has 1 N–H and O–H groups in total. The molecule has 0 fully saturated rings. The number of rotatable bonds is 6. The molecule has 0 unspecified atom stereocenters. The largest absolute Gasteiger partial charge is 0.488 e. The number of nitrogens with zero attached hydrogens (tertiary/aromatic N) is 1. The van der Waals surface area contributed by atoms with Crippen LogP contribution in [0.3, 0.4) is 0 Å². The van der Waals surface area contributed by atoms with Gasteiger partial charge in [0.15, 0.2) is 11.6 Å². The van der Waals surface area contributed by atoms with Gasteiger partial charge in [0.2, 0.25) is 0 Å². The second-order valence-corrected chi connectivity index (χ2v) is 8.58. The van der Waals surface area contributed by atoms with Crippen molar-refractivity contribution in [2.75, 3.05) is 0 Å². The molecule has 33 heavy (non-hydrogen) atoms. The molecule has 1 aliphatic carbocycles. The zero-order chi connectivity index (χ0) is 23.5. The highest BCUT2D eigenvalue weighted by Crippen LogP contribution is 2.42. The number of carboxylic acid groups (broad SMARTS) is 1. The van der Waals surface area contributed by atoms with Crippen molar-refractivity contribution in [2.45, 2.75) is 32.3 Å². The Balaban J connectivity index is 1.74. The molecule has 3 aromatic rings. The Morgan fingerprint density at radius 1 is 0.970 bits per heavy atom. The molecule has 0 saturated carbocycles. The van der Waals surface area contributed by atoms with E-state index < -0.39 is 23.4 Å². The minimum Gasteiger partial charge on any atom is -0.488 e. The molecule has 4 rings (SSSR count). The molecular weight excluding hydrogens is 499 g/mol. The first kappa shape index (κ1) is 23.0. The van der Waals surface area contributed by atoms with Gasteiger partial charge in [0.1, 0.15) is 23.9 Å². The minimum atomic E-state index is -1.26. The van der Waals surface area contributed by atoms with Gasteiger partial charge in [0, 0.05) is 21.7 Å². The van der Waals surface area contributed by atoms with Crippen LogP contribution in [0.15, 0.2) is 53.0 Å². The van der Waals surface area contributed by atoms with Crippen molar-refractivity contribution in [3.63, 3.8) is 0 Å². The van der Waals surface area contributed by atoms with Crippen LogP contribution in [0.25, 0.3) is 11.1 Å². The van der Waals surface area contributed by atoms with E-state index in [0.717, 1.165) is 52.9 Å². The summed E-state index contributed by atoms with van der Waals surface area (Å²) in [5.41, 5.74) is 3.08. The van der Waals surface area contributed by atoms with Gasteiger partial charge in [-0.2, -0.15) is 0 Å². The van der Waals surface area contributed by atoms with Crippen molar-refractivity contribution in [1.29, 1.82) is 0 Å². The summed E-state index contributed by atoms with van der Waals surface area (Å²) >= 11 is 3.47. The fourth-order valence-corrected chi connectivity index (χ4v) is 4.26. The van der Waals surface area contributed by atoms with E-state index in [9.17, 15) is 23.1 Å². The monoisotopic (exact) mass is 517 g/mol. The lowest BCUT2D eigenvalue weighted by atomic mass is 9.85. The number of hydrogen-bond acceptors (Lipinski definition) is 3. The lowest BCUT2D eigenvalue weighted by molar-refractivity contribution is 0.0690. The zero-order valence-corrected chi connectivity index (χ0v) is 19.0. The molecule has 0 saturated heterocycles. The molecular formula is C25H19BrF3NO3. The summed E-state index contributed by atoms with van der Waals surface area (Å²) in [6.45, 7) is -0.285. The number of pyridine rings is 1. The van der Waals surface area contributed by atoms with E-state index >= 15 is 0 Å². The highest BCUT2D eigenvalue weighted by Gasteiger charge is 2.21. The Hall–Kier alpha value is -3.13. The first-order chi connectivity index (χ1) is 15.8. The van der Waals surface area contributed by atoms with Gasteiger partial charge in [-0.1, -0.05) is 22.0 Å². The first-order valence-corrected chi connectivity index (χ1v) is 11.1. The molecule has 1 aromatic heterocycles. The predicted octanol–water partition coefficient (Wildman–Crippen LogP) is 7.02. The maximum absolute atomic E-state index is 14.1. The summed E-state index contributed by atoms with van der Waals surface area (Å²) in [5.74, 6) is -3.94. The molecule has 0 spiro atoms. The normalized spacial score (nSPS) is 13.8. The number of aromatic carboxylic acids is 1. The zero-order valence-electron chi connectivity index (χ0n) is 17.4. The highest BCUT2D eigenvalue weighted by atomic mass is 79.9. The minimum absolute atomic E-state index is 0.0375. The summed E-state index contributed by atoms with van der Waals surface area (Å²) in [5, 5.41) is 9.32. The van der Waals surface area contributed by atoms with Crippen molar-refractivity contribution in [3.8, 4) is 5.75 Å². The number of halogens is 4. The van der Waals surface area contributed by atoms with E-state index in [1.165, 1.54) is 6.07 Å². The summed E-state index contributed by atoms with van der Waals surface area (Å²) in [6.07, 6.45) is 3.30. The second-order valence-electron chi connectivity index (χ2n) is 7.66. The molecule has 4 nitrogen and oxygen atoms in total. The fourth-order valence-electron chi connectivity index (χ4n) is 3.90. The van der Waals surface area contributed by atoms with Crippen molar-refractivity contribution >= 4 is 33.0 Å². The van der Waals surface area contributed by atoms with Crippen LogP contribution in [0.4, 0.5) is 13.2 Å². The van der Waals surface area contributed by atoms with Gasteiger partial charge in [0.05, 0.1) is 5.69 Å². The molecule has 0 atom stereocenters. The van der Waals surface area contributed by atoms with E-state index in [4.69, 9.17) is 4.74 Å². The van der Waals surface area contributed by atoms with Gasteiger partial charge in [-0.3, -0.25) is 0 Å². The Labute approximate surface area is 196 Å². The molecule has 1 heterocycles.